The van der Waals surface area contributed by atoms with Crippen molar-refractivity contribution in [1.29, 1.82) is 0 Å². The number of hydrogen-bond donors (Lipinski definition) is 2. The van der Waals surface area contributed by atoms with Gasteiger partial charge in [-0.3, -0.25) is 4.79 Å². The van der Waals surface area contributed by atoms with E-state index in [0.29, 0.717) is 35.9 Å². The number of ether oxygens (including phenoxy) is 2. The van der Waals surface area contributed by atoms with E-state index in [-0.39, 0.29) is 17.7 Å². The van der Waals surface area contributed by atoms with Gasteiger partial charge < -0.3 is 20.5 Å². The minimum atomic E-state index is -0.703. The molecule has 1 heterocycles. The molecule has 1 aromatic carbocycles. The summed E-state index contributed by atoms with van der Waals surface area (Å²) in [7, 11) is 0. The van der Waals surface area contributed by atoms with Gasteiger partial charge >= 0.3 is 0 Å². The number of hydrogen-bond acceptors (Lipinski definition) is 4. The first kappa shape index (κ1) is 13.2. The number of carbonyl (C=O) groups is 1. The Morgan fingerprint density at radius 3 is 2.75 bits per heavy atom. The van der Waals surface area contributed by atoms with Crippen LogP contribution in [0.2, 0.25) is 0 Å². The molecule has 1 aliphatic heterocycles. The molecule has 1 aliphatic carbocycles. The summed E-state index contributed by atoms with van der Waals surface area (Å²) in [6.45, 7) is 2.30. The zero-order chi connectivity index (χ0) is 14.3. The molecule has 1 saturated carbocycles. The summed E-state index contributed by atoms with van der Waals surface area (Å²) in [5.41, 5.74) is 5.72. The van der Waals surface area contributed by atoms with Gasteiger partial charge in [-0.05, 0) is 30.9 Å². The molecule has 106 valence electrons. The number of nitrogens with one attached hydrogen (secondary N) is 1. The van der Waals surface area contributed by atoms with Crippen LogP contribution >= 0.6 is 12.2 Å². The highest BCUT2D eigenvalue weighted by molar-refractivity contribution is 7.80. The zero-order valence-corrected chi connectivity index (χ0v) is 12.0. The summed E-state index contributed by atoms with van der Waals surface area (Å²) in [5, 5.41) is 2.87. The van der Waals surface area contributed by atoms with Gasteiger partial charge in [0.1, 0.15) is 0 Å². The van der Waals surface area contributed by atoms with Crippen molar-refractivity contribution >= 4 is 28.8 Å². The van der Waals surface area contributed by atoms with E-state index >= 15 is 0 Å². The molecular weight excluding hydrogens is 276 g/mol. The van der Waals surface area contributed by atoms with Crippen molar-refractivity contribution in [2.75, 3.05) is 12.1 Å². The maximum Gasteiger partial charge on any atom is 0.237 e. The van der Waals surface area contributed by atoms with Crippen LogP contribution in [0.4, 0.5) is 5.69 Å². The van der Waals surface area contributed by atoms with Crippen LogP contribution in [0.5, 0.6) is 11.5 Å². The van der Waals surface area contributed by atoms with E-state index in [4.69, 9.17) is 27.4 Å². The van der Waals surface area contributed by atoms with Crippen molar-refractivity contribution < 1.29 is 14.3 Å². The first-order chi connectivity index (χ1) is 9.51. The Labute approximate surface area is 122 Å². The molecule has 0 unspecified atom stereocenters. The minimum Gasteiger partial charge on any atom is -0.454 e. The summed E-state index contributed by atoms with van der Waals surface area (Å²) in [4.78, 5) is 12.7. The first-order valence-corrected chi connectivity index (χ1v) is 6.93. The van der Waals surface area contributed by atoms with Gasteiger partial charge in [0.25, 0.3) is 0 Å². The molecular formula is C14H16N2O3S. The van der Waals surface area contributed by atoms with Crippen LogP contribution < -0.4 is 20.5 Å². The maximum atomic E-state index is 12.5. The monoisotopic (exact) mass is 292 g/mol. The van der Waals surface area contributed by atoms with Gasteiger partial charge in [-0.25, -0.2) is 0 Å². The van der Waals surface area contributed by atoms with Gasteiger partial charge in [-0.15, -0.1) is 0 Å². The summed E-state index contributed by atoms with van der Waals surface area (Å²) in [6, 6.07) is 5.30. The van der Waals surface area contributed by atoms with Gasteiger partial charge in [0.2, 0.25) is 12.7 Å². The van der Waals surface area contributed by atoms with Gasteiger partial charge in [-0.1, -0.05) is 19.1 Å². The van der Waals surface area contributed by atoms with Crippen LogP contribution in [0.1, 0.15) is 19.8 Å². The van der Waals surface area contributed by atoms with Crippen molar-refractivity contribution in [3.63, 3.8) is 0 Å². The SMILES string of the molecule is CC1CC(C(=O)Nc2ccc3c(c2)OCO3)(C(N)=S)C1. The topological polar surface area (TPSA) is 73.6 Å². The summed E-state index contributed by atoms with van der Waals surface area (Å²) in [6.07, 6.45) is 1.41. The Morgan fingerprint density at radius 2 is 2.10 bits per heavy atom. The van der Waals surface area contributed by atoms with E-state index in [1.807, 2.05) is 0 Å². The van der Waals surface area contributed by atoms with Gasteiger partial charge in [0, 0.05) is 11.8 Å². The van der Waals surface area contributed by atoms with Gasteiger partial charge in [0.05, 0.1) is 10.4 Å². The smallest absolute Gasteiger partial charge is 0.237 e. The van der Waals surface area contributed by atoms with Crippen LogP contribution in [0.15, 0.2) is 18.2 Å². The number of anilines is 1. The molecule has 1 aromatic rings. The van der Waals surface area contributed by atoms with E-state index in [1.54, 1.807) is 18.2 Å². The van der Waals surface area contributed by atoms with Crippen LogP contribution in [-0.2, 0) is 4.79 Å². The Morgan fingerprint density at radius 1 is 1.40 bits per heavy atom. The third-order valence-corrected chi connectivity index (χ3v) is 4.32. The molecule has 0 atom stereocenters. The highest BCUT2D eigenvalue weighted by Gasteiger charge is 2.50. The normalized spacial score (nSPS) is 26.8. The quantitative estimate of drug-likeness (QED) is 0.834. The van der Waals surface area contributed by atoms with Gasteiger partial charge in [-0.2, -0.15) is 0 Å². The number of carbonyl (C=O) groups excluding carboxylic acids is 1. The third-order valence-electron chi connectivity index (χ3n) is 3.93. The molecule has 20 heavy (non-hydrogen) atoms. The molecule has 2 aliphatic rings. The molecule has 0 saturated heterocycles. The van der Waals surface area contributed by atoms with E-state index in [0.717, 1.165) is 0 Å². The van der Waals surface area contributed by atoms with Crippen molar-refractivity contribution in [3.05, 3.63) is 18.2 Å². The molecule has 0 aromatic heterocycles. The van der Waals surface area contributed by atoms with Gasteiger partial charge in [0.15, 0.2) is 11.5 Å². The van der Waals surface area contributed by atoms with Crippen molar-refractivity contribution in [2.45, 2.75) is 19.8 Å². The lowest BCUT2D eigenvalue weighted by molar-refractivity contribution is -0.127. The Bertz CT molecular complexity index is 582. The summed E-state index contributed by atoms with van der Waals surface area (Å²) < 4.78 is 10.5. The third kappa shape index (κ3) is 2.00. The summed E-state index contributed by atoms with van der Waals surface area (Å²) in [5.74, 6) is 1.65. The van der Waals surface area contributed by atoms with Crippen LogP contribution in [0.3, 0.4) is 0 Å². The molecule has 3 rings (SSSR count). The average molecular weight is 292 g/mol. The predicted octanol–water partition coefficient (Wildman–Crippen LogP) is 2.06. The van der Waals surface area contributed by atoms with E-state index in [9.17, 15) is 4.79 Å². The zero-order valence-electron chi connectivity index (χ0n) is 11.1. The van der Waals surface area contributed by atoms with Crippen molar-refractivity contribution in [2.24, 2.45) is 17.1 Å². The van der Waals surface area contributed by atoms with Crippen molar-refractivity contribution in [1.82, 2.24) is 0 Å². The molecule has 1 fully saturated rings. The number of nitrogens with two attached hydrogens (primary N) is 1. The highest BCUT2D eigenvalue weighted by atomic mass is 32.1. The van der Waals surface area contributed by atoms with Crippen molar-refractivity contribution in [3.8, 4) is 11.5 Å². The molecule has 0 radical (unpaired) electrons. The van der Waals surface area contributed by atoms with Crippen LogP contribution in [-0.4, -0.2) is 17.7 Å². The van der Waals surface area contributed by atoms with E-state index in [2.05, 4.69) is 12.2 Å². The molecule has 0 bridgehead atoms. The fourth-order valence-corrected chi connectivity index (χ4v) is 3.11. The van der Waals surface area contributed by atoms with Crippen LogP contribution in [0.25, 0.3) is 0 Å². The maximum absolute atomic E-state index is 12.5. The number of thiocarbonyl (C=S) groups is 1. The molecule has 6 heteroatoms. The minimum absolute atomic E-state index is 0.137. The lowest BCUT2D eigenvalue weighted by atomic mass is 9.62. The molecule has 5 nitrogen and oxygen atoms in total. The number of rotatable bonds is 3. The highest BCUT2D eigenvalue weighted by Crippen LogP contribution is 2.46. The van der Waals surface area contributed by atoms with E-state index in [1.165, 1.54) is 0 Å². The largest absolute Gasteiger partial charge is 0.454 e. The fraction of sp³-hybridized carbons (Fsp3) is 0.429. The van der Waals surface area contributed by atoms with Crippen LogP contribution in [0, 0.1) is 11.3 Å². The predicted molar refractivity (Wildman–Crippen MR) is 78.8 cm³/mol. The Balaban J connectivity index is 1.77. The number of fused-ring (bicyclic) bond motifs is 1. The van der Waals surface area contributed by atoms with E-state index < -0.39 is 5.41 Å². The molecule has 0 spiro atoms. The number of benzene rings is 1. The summed E-state index contributed by atoms with van der Waals surface area (Å²) >= 11 is 5.08. The Kier molecular flexibility index (Phi) is 3.05. The second-order valence-electron chi connectivity index (χ2n) is 5.48. The molecule has 3 N–H and O–H groups in total. The fourth-order valence-electron chi connectivity index (χ4n) is 2.85. The average Bonchev–Trinajstić information content (AvgIpc) is 2.81. The second-order valence-corrected chi connectivity index (χ2v) is 5.92. The number of amides is 1. The molecule has 1 amide bonds. The lowest BCUT2D eigenvalue weighted by Gasteiger charge is -2.44. The lowest BCUT2D eigenvalue weighted by Crippen LogP contribution is -2.53. The second kappa shape index (κ2) is 4.63. The first-order valence-electron chi connectivity index (χ1n) is 6.52. The Hall–Kier alpha value is -1.82. The standard InChI is InChI=1S/C14H16N2O3S/c1-8-5-14(6-8,12(15)20)13(17)16-9-2-3-10-11(4-9)19-7-18-10/h2-4,8H,5-7H2,1H3,(H2,15,20)(H,16,17).